The smallest absolute Gasteiger partial charge is 0.269 e. The molecule has 0 amide bonds. The topological polar surface area (TPSA) is 102 Å². The SMILES string of the molecule is CC1O[C@@H](Oc2ccc([N+](=O)[O-])cc2)C[C@@H](O)[C@H]1O. The number of nitro benzene ring substituents is 1. The van der Waals surface area contributed by atoms with Crippen molar-refractivity contribution in [1.29, 1.82) is 0 Å². The molecule has 0 saturated carbocycles. The Hall–Kier alpha value is -1.70. The number of hydrogen-bond donors (Lipinski definition) is 2. The van der Waals surface area contributed by atoms with Crippen molar-refractivity contribution in [1.82, 2.24) is 0 Å². The molecule has 0 radical (unpaired) electrons. The van der Waals surface area contributed by atoms with Gasteiger partial charge in [-0.25, -0.2) is 0 Å². The zero-order valence-corrected chi connectivity index (χ0v) is 10.3. The summed E-state index contributed by atoms with van der Waals surface area (Å²) in [7, 11) is 0. The van der Waals surface area contributed by atoms with Gasteiger partial charge in [0.05, 0.1) is 17.1 Å². The number of nitrogens with zero attached hydrogens (tertiary/aromatic N) is 1. The maximum atomic E-state index is 10.5. The molecule has 0 bridgehead atoms. The monoisotopic (exact) mass is 269 g/mol. The lowest BCUT2D eigenvalue weighted by molar-refractivity contribution is -0.384. The third-order valence-corrected chi connectivity index (χ3v) is 2.99. The molecule has 2 N–H and O–H groups in total. The first kappa shape index (κ1) is 13.7. The highest BCUT2D eigenvalue weighted by atomic mass is 16.7. The maximum Gasteiger partial charge on any atom is 0.269 e. The fourth-order valence-electron chi connectivity index (χ4n) is 1.90. The van der Waals surface area contributed by atoms with E-state index in [9.17, 15) is 20.3 Å². The molecular formula is C12H15NO6. The molecule has 1 aromatic rings. The number of aliphatic hydroxyl groups excluding tert-OH is 2. The van der Waals surface area contributed by atoms with E-state index < -0.39 is 29.5 Å². The molecular weight excluding hydrogens is 254 g/mol. The summed E-state index contributed by atoms with van der Waals surface area (Å²) in [5.74, 6) is 0.409. The zero-order valence-electron chi connectivity index (χ0n) is 10.3. The summed E-state index contributed by atoms with van der Waals surface area (Å²) < 4.78 is 10.8. The van der Waals surface area contributed by atoms with Gasteiger partial charge in [-0.3, -0.25) is 10.1 Å². The lowest BCUT2D eigenvalue weighted by Crippen LogP contribution is -2.48. The molecule has 7 nitrogen and oxygen atoms in total. The molecule has 1 aliphatic heterocycles. The van der Waals surface area contributed by atoms with Crippen molar-refractivity contribution in [2.45, 2.75) is 37.9 Å². The Morgan fingerprint density at radius 1 is 1.37 bits per heavy atom. The van der Waals surface area contributed by atoms with E-state index in [0.717, 1.165) is 0 Å². The minimum Gasteiger partial charge on any atom is -0.465 e. The van der Waals surface area contributed by atoms with Crippen LogP contribution in [-0.4, -0.2) is 39.7 Å². The maximum absolute atomic E-state index is 10.5. The Kier molecular flexibility index (Phi) is 3.98. The number of hydrogen-bond acceptors (Lipinski definition) is 6. The molecule has 1 fully saturated rings. The predicted molar refractivity (Wildman–Crippen MR) is 64.7 cm³/mol. The highest BCUT2D eigenvalue weighted by molar-refractivity contribution is 5.36. The van der Waals surface area contributed by atoms with Crippen LogP contribution in [0.3, 0.4) is 0 Å². The molecule has 1 saturated heterocycles. The van der Waals surface area contributed by atoms with Crippen molar-refractivity contribution >= 4 is 5.69 Å². The minimum atomic E-state index is -0.934. The average molecular weight is 269 g/mol. The van der Waals surface area contributed by atoms with Crippen molar-refractivity contribution in [3.8, 4) is 5.75 Å². The summed E-state index contributed by atoms with van der Waals surface area (Å²) in [6.07, 6.45) is -2.92. The number of non-ortho nitro benzene ring substituents is 1. The van der Waals surface area contributed by atoms with Gasteiger partial charge in [0, 0.05) is 18.6 Å². The molecule has 4 atom stereocenters. The van der Waals surface area contributed by atoms with Crippen molar-refractivity contribution < 1.29 is 24.6 Å². The minimum absolute atomic E-state index is 0.0271. The second kappa shape index (κ2) is 5.52. The molecule has 0 spiro atoms. The molecule has 0 aliphatic carbocycles. The van der Waals surface area contributed by atoms with Crippen LogP contribution in [0.25, 0.3) is 0 Å². The molecule has 7 heteroatoms. The first-order chi connectivity index (χ1) is 8.97. The molecule has 1 aliphatic rings. The third-order valence-electron chi connectivity index (χ3n) is 2.99. The molecule has 19 heavy (non-hydrogen) atoms. The summed E-state index contributed by atoms with van der Waals surface area (Å²) in [6, 6.07) is 5.58. The van der Waals surface area contributed by atoms with Crippen LogP contribution in [-0.2, 0) is 4.74 Å². The van der Waals surface area contributed by atoms with Crippen molar-refractivity contribution in [3.63, 3.8) is 0 Å². The average Bonchev–Trinajstić information content (AvgIpc) is 2.36. The van der Waals surface area contributed by atoms with Crippen LogP contribution in [0.5, 0.6) is 5.75 Å². The number of benzene rings is 1. The van der Waals surface area contributed by atoms with Crippen LogP contribution in [0.1, 0.15) is 13.3 Å². The van der Waals surface area contributed by atoms with E-state index in [4.69, 9.17) is 9.47 Å². The normalized spacial score (nSPS) is 30.9. The summed E-state index contributed by atoms with van der Waals surface area (Å²) in [4.78, 5) is 10.0. The van der Waals surface area contributed by atoms with Crippen molar-refractivity contribution in [2.24, 2.45) is 0 Å². The standard InChI is InChI=1S/C12H15NO6/c1-7-12(15)10(14)6-11(18-7)19-9-4-2-8(3-5-9)13(16)17/h2-5,7,10-12,14-15H,6H2,1H3/t7?,10-,11+,12+/m1/s1. The highest BCUT2D eigenvalue weighted by Crippen LogP contribution is 2.24. The first-order valence-electron chi connectivity index (χ1n) is 5.90. The van der Waals surface area contributed by atoms with Gasteiger partial charge in [0.1, 0.15) is 11.9 Å². The number of nitro groups is 1. The summed E-state index contributed by atoms with van der Waals surface area (Å²) in [5, 5.41) is 29.6. The van der Waals surface area contributed by atoms with E-state index in [1.807, 2.05) is 0 Å². The number of aliphatic hydroxyl groups is 2. The fourth-order valence-corrected chi connectivity index (χ4v) is 1.90. The van der Waals surface area contributed by atoms with E-state index in [0.29, 0.717) is 5.75 Å². The van der Waals surface area contributed by atoms with E-state index in [-0.39, 0.29) is 12.1 Å². The van der Waals surface area contributed by atoms with Gasteiger partial charge in [-0.05, 0) is 19.1 Å². The molecule has 0 aromatic heterocycles. The van der Waals surface area contributed by atoms with Gasteiger partial charge >= 0.3 is 0 Å². The molecule has 1 unspecified atom stereocenters. The second-order valence-electron chi connectivity index (χ2n) is 4.43. The zero-order chi connectivity index (χ0) is 14.0. The van der Waals surface area contributed by atoms with Crippen LogP contribution >= 0.6 is 0 Å². The van der Waals surface area contributed by atoms with Gasteiger partial charge < -0.3 is 19.7 Å². The van der Waals surface area contributed by atoms with Crippen LogP contribution in [0.15, 0.2) is 24.3 Å². The van der Waals surface area contributed by atoms with Gasteiger partial charge in [0.15, 0.2) is 0 Å². The summed E-state index contributed by atoms with van der Waals surface area (Å²) in [6.45, 7) is 1.64. The van der Waals surface area contributed by atoms with Crippen LogP contribution < -0.4 is 4.74 Å². The lowest BCUT2D eigenvalue weighted by Gasteiger charge is -2.35. The molecule has 1 aromatic carbocycles. The van der Waals surface area contributed by atoms with E-state index >= 15 is 0 Å². The lowest BCUT2D eigenvalue weighted by atomic mass is 10.0. The van der Waals surface area contributed by atoms with Crippen molar-refractivity contribution in [2.75, 3.05) is 0 Å². The largest absolute Gasteiger partial charge is 0.465 e. The fraction of sp³-hybridized carbons (Fsp3) is 0.500. The molecule has 104 valence electrons. The van der Waals surface area contributed by atoms with Gasteiger partial charge in [-0.1, -0.05) is 0 Å². The number of rotatable bonds is 3. The Labute approximate surface area is 109 Å². The Morgan fingerprint density at radius 2 is 2.00 bits per heavy atom. The first-order valence-corrected chi connectivity index (χ1v) is 5.90. The van der Waals surface area contributed by atoms with Crippen LogP contribution in [0.4, 0.5) is 5.69 Å². The second-order valence-corrected chi connectivity index (χ2v) is 4.43. The van der Waals surface area contributed by atoms with E-state index in [2.05, 4.69) is 0 Å². The van der Waals surface area contributed by atoms with Gasteiger partial charge in [0.2, 0.25) is 6.29 Å². The van der Waals surface area contributed by atoms with Gasteiger partial charge in [0.25, 0.3) is 5.69 Å². The highest BCUT2D eigenvalue weighted by Gasteiger charge is 2.35. The quantitative estimate of drug-likeness (QED) is 0.622. The van der Waals surface area contributed by atoms with E-state index in [1.54, 1.807) is 6.92 Å². The van der Waals surface area contributed by atoms with Gasteiger partial charge in [-0.15, -0.1) is 0 Å². The van der Waals surface area contributed by atoms with Crippen LogP contribution in [0, 0.1) is 10.1 Å². The third kappa shape index (κ3) is 3.19. The number of ether oxygens (including phenoxy) is 2. The summed E-state index contributed by atoms with van der Waals surface area (Å²) in [5.41, 5.74) is -0.0271. The molecule has 2 rings (SSSR count). The Bertz CT molecular complexity index is 436. The Morgan fingerprint density at radius 3 is 2.53 bits per heavy atom. The summed E-state index contributed by atoms with van der Waals surface area (Å²) >= 11 is 0. The predicted octanol–water partition coefficient (Wildman–Crippen LogP) is 0.830. The Balaban J connectivity index is 1.99. The van der Waals surface area contributed by atoms with Crippen molar-refractivity contribution in [3.05, 3.63) is 34.4 Å². The molecule has 1 heterocycles. The van der Waals surface area contributed by atoms with Crippen LogP contribution in [0.2, 0.25) is 0 Å². The van der Waals surface area contributed by atoms with Gasteiger partial charge in [-0.2, -0.15) is 0 Å². The van der Waals surface area contributed by atoms with E-state index in [1.165, 1.54) is 24.3 Å².